The Balaban J connectivity index is 1.96. The number of aromatic nitrogens is 1. The van der Waals surface area contributed by atoms with E-state index in [9.17, 15) is 18.0 Å². The number of carbonyl (C=O) groups is 2. The molecule has 1 aliphatic rings. The molecule has 0 spiro atoms. The fraction of sp³-hybridized carbons (Fsp3) is 0.381. The minimum absolute atomic E-state index is 0.0832. The van der Waals surface area contributed by atoms with Gasteiger partial charge in [0.2, 0.25) is 11.8 Å². The maximum atomic E-state index is 13.2. The Kier molecular flexibility index (Phi) is 6.21. The zero-order valence-electron chi connectivity index (χ0n) is 17.9. The van der Waals surface area contributed by atoms with Crippen LogP contribution in [0, 0.1) is 5.41 Å². The van der Waals surface area contributed by atoms with Crippen molar-refractivity contribution in [2.24, 2.45) is 5.41 Å². The number of pyridine rings is 1. The van der Waals surface area contributed by atoms with Gasteiger partial charge in [-0.25, -0.2) is 13.4 Å². The number of rotatable bonds is 5. The summed E-state index contributed by atoms with van der Waals surface area (Å²) in [5.74, 6) is -0.745. The summed E-state index contributed by atoms with van der Waals surface area (Å²) in [5.41, 5.74) is -0.242. The Morgan fingerprint density at radius 1 is 1.19 bits per heavy atom. The molecule has 2 N–H and O–H groups in total. The molecule has 166 valence electrons. The van der Waals surface area contributed by atoms with Crippen molar-refractivity contribution in [2.75, 3.05) is 24.5 Å². The lowest BCUT2D eigenvalue weighted by molar-refractivity contribution is -0.124. The quantitative estimate of drug-likeness (QED) is 0.720. The summed E-state index contributed by atoms with van der Waals surface area (Å²) in [5, 5.41) is 5.26. The predicted octanol–water partition coefficient (Wildman–Crippen LogP) is 1.56. The van der Waals surface area contributed by atoms with Gasteiger partial charge < -0.3 is 15.4 Å². The SMILES string of the molecule is CNC(=O)C(NC(=O)c1cnc2c(c1)N(S(=O)(=O)c1ccccc1)CCO2)C(C)(C)C. The molecule has 31 heavy (non-hydrogen) atoms. The number of sulfonamides is 1. The first kappa shape index (κ1) is 22.5. The third kappa shape index (κ3) is 4.63. The molecule has 1 atom stereocenters. The van der Waals surface area contributed by atoms with E-state index in [1.807, 2.05) is 20.8 Å². The zero-order valence-corrected chi connectivity index (χ0v) is 18.7. The Morgan fingerprint density at radius 3 is 2.48 bits per heavy atom. The van der Waals surface area contributed by atoms with Gasteiger partial charge in [-0.3, -0.25) is 13.9 Å². The van der Waals surface area contributed by atoms with E-state index in [1.165, 1.54) is 35.7 Å². The summed E-state index contributed by atoms with van der Waals surface area (Å²) in [6, 6.07) is 8.65. The highest BCUT2D eigenvalue weighted by molar-refractivity contribution is 7.92. The van der Waals surface area contributed by atoms with E-state index in [0.717, 1.165) is 0 Å². The molecule has 2 amide bonds. The summed E-state index contributed by atoms with van der Waals surface area (Å²) in [6.45, 7) is 5.72. The average molecular weight is 447 g/mol. The molecule has 2 aromatic rings. The number of hydrogen-bond acceptors (Lipinski definition) is 6. The van der Waals surface area contributed by atoms with Crippen molar-refractivity contribution in [1.29, 1.82) is 0 Å². The van der Waals surface area contributed by atoms with Crippen molar-refractivity contribution < 1.29 is 22.7 Å². The lowest BCUT2D eigenvalue weighted by Crippen LogP contribution is -2.52. The van der Waals surface area contributed by atoms with Crippen LogP contribution in [0.2, 0.25) is 0 Å². The average Bonchev–Trinajstić information content (AvgIpc) is 2.75. The number of amides is 2. The number of likely N-dealkylation sites (N-methyl/N-ethyl adjacent to an activating group) is 1. The second-order valence-corrected chi connectivity index (χ2v) is 10.0. The van der Waals surface area contributed by atoms with Crippen molar-refractivity contribution in [3.63, 3.8) is 0 Å². The Bertz CT molecular complexity index is 1080. The molecule has 1 unspecified atom stereocenters. The van der Waals surface area contributed by atoms with Gasteiger partial charge in [0.05, 0.1) is 17.0 Å². The standard InChI is InChI=1S/C21H26N4O5S/c1-21(2,3)17(19(27)22-4)24-18(26)14-12-16-20(23-13-14)30-11-10-25(16)31(28,29)15-8-6-5-7-9-15/h5-9,12-13,17H,10-11H2,1-4H3,(H,22,27)(H,24,26). The third-order valence-corrected chi connectivity index (χ3v) is 6.70. The number of benzene rings is 1. The number of carbonyl (C=O) groups excluding carboxylic acids is 2. The van der Waals surface area contributed by atoms with E-state index >= 15 is 0 Å². The predicted molar refractivity (Wildman–Crippen MR) is 115 cm³/mol. The number of nitrogens with one attached hydrogen (secondary N) is 2. The van der Waals surface area contributed by atoms with Gasteiger partial charge in [-0.1, -0.05) is 39.0 Å². The second-order valence-electron chi connectivity index (χ2n) is 8.17. The fourth-order valence-electron chi connectivity index (χ4n) is 3.20. The Labute approximate surface area is 181 Å². The number of nitrogens with zero attached hydrogens (tertiary/aromatic N) is 2. The van der Waals surface area contributed by atoms with E-state index in [1.54, 1.807) is 18.2 Å². The third-order valence-electron chi connectivity index (χ3n) is 4.88. The van der Waals surface area contributed by atoms with Crippen LogP contribution in [0.3, 0.4) is 0 Å². The molecule has 0 aliphatic carbocycles. The van der Waals surface area contributed by atoms with Crippen molar-refractivity contribution in [1.82, 2.24) is 15.6 Å². The minimum Gasteiger partial charge on any atom is -0.474 e. The first-order valence-electron chi connectivity index (χ1n) is 9.79. The van der Waals surface area contributed by atoms with E-state index in [0.29, 0.717) is 0 Å². The highest BCUT2D eigenvalue weighted by Crippen LogP contribution is 2.34. The molecule has 1 aromatic carbocycles. The van der Waals surface area contributed by atoms with Crippen LogP contribution < -0.4 is 19.7 Å². The summed E-state index contributed by atoms with van der Waals surface area (Å²) >= 11 is 0. The van der Waals surface area contributed by atoms with Crippen LogP contribution in [0.15, 0.2) is 47.5 Å². The lowest BCUT2D eigenvalue weighted by Gasteiger charge is -2.31. The molecule has 0 radical (unpaired) electrons. The van der Waals surface area contributed by atoms with Gasteiger partial charge in [-0.2, -0.15) is 0 Å². The van der Waals surface area contributed by atoms with Gasteiger partial charge in [-0.05, 0) is 23.6 Å². The van der Waals surface area contributed by atoms with Gasteiger partial charge >= 0.3 is 0 Å². The van der Waals surface area contributed by atoms with E-state index in [2.05, 4.69) is 15.6 Å². The van der Waals surface area contributed by atoms with Crippen molar-refractivity contribution in [2.45, 2.75) is 31.7 Å². The monoisotopic (exact) mass is 446 g/mol. The zero-order chi connectivity index (χ0) is 22.8. The fourth-order valence-corrected chi connectivity index (χ4v) is 4.66. The van der Waals surface area contributed by atoms with Crippen molar-refractivity contribution in [3.8, 4) is 5.88 Å². The van der Waals surface area contributed by atoms with Crippen LogP contribution in [-0.2, 0) is 14.8 Å². The molecule has 1 aromatic heterocycles. The Morgan fingerprint density at radius 2 is 1.87 bits per heavy atom. The molecule has 0 fully saturated rings. The van der Waals surface area contributed by atoms with Gasteiger partial charge in [0.25, 0.3) is 15.9 Å². The molecular weight excluding hydrogens is 420 g/mol. The normalized spacial score (nSPS) is 14.8. The van der Waals surface area contributed by atoms with Crippen LogP contribution >= 0.6 is 0 Å². The molecule has 10 heteroatoms. The summed E-state index contributed by atoms with van der Waals surface area (Å²) in [7, 11) is -2.37. The number of hydrogen-bond donors (Lipinski definition) is 2. The van der Waals surface area contributed by atoms with Gasteiger partial charge in [-0.15, -0.1) is 0 Å². The number of fused-ring (bicyclic) bond motifs is 1. The topological polar surface area (TPSA) is 118 Å². The maximum absolute atomic E-state index is 13.2. The molecular formula is C21H26N4O5S. The Hall–Kier alpha value is -3.14. The minimum atomic E-state index is -3.86. The molecule has 0 bridgehead atoms. The van der Waals surface area contributed by atoms with Crippen LogP contribution in [0.5, 0.6) is 5.88 Å². The molecule has 0 saturated heterocycles. The molecule has 0 saturated carbocycles. The summed E-state index contributed by atoms with van der Waals surface area (Å²) in [4.78, 5) is 29.4. The molecule has 2 heterocycles. The molecule has 3 rings (SSSR count). The first-order valence-corrected chi connectivity index (χ1v) is 11.2. The van der Waals surface area contributed by atoms with E-state index in [4.69, 9.17) is 4.74 Å². The lowest BCUT2D eigenvalue weighted by atomic mass is 9.86. The van der Waals surface area contributed by atoms with Crippen LogP contribution in [-0.4, -0.2) is 51.5 Å². The second kappa shape index (κ2) is 8.54. The van der Waals surface area contributed by atoms with Crippen molar-refractivity contribution >= 4 is 27.5 Å². The largest absolute Gasteiger partial charge is 0.474 e. The van der Waals surface area contributed by atoms with E-state index < -0.39 is 27.4 Å². The van der Waals surface area contributed by atoms with Crippen molar-refractivity contribution in [3.05, 3.63) is 48.2 Å². The number of anilines is 1. The number of ether oxygens (including phenoxy) is 1. The highest BCUT2D eigenvalue weighted by Gasteiger charge is 2.34. The maximum Gasteiger partial charge on any atom is 0.264 e. The van der Waals surface area contributed by atoms with Gasteiger partial charge in [0.1, 0.15) is 18.3 Å². The van der Waals surface area contributed by atoms with Crippen LogP contribution in [0.25, 0.3) is 0 Å². The van der Waals surface area contributed by atoms with Gasteiger partial charge in [0, 0.05) is 13.2 Å². The van der Waals surface area contributed by atoms with Gasteiger partial charge in [0.15, 0.2) is 0 Å². The molecule has 1 aliphatic heterocycles. The summed E-state index contributed by atoms with van der Waals surface area (Å²) in [6.07, 6.45) is 1.30. The van der Waals surface area contributed by atoms with Crippen LogP contribution in [0.4, 0.5) is 5.69 Å². The summed E-state index contributed by atoms with van der Waals surface area (Å²) < 4.78 is 33.0. The molecule has 9 nitrogen and oxygen atoms in total. The first-order chi connectivity index (χ1) is 14.6. The van der Waals surface area contributed by atoms with Crippen LogP contribution in [0.1, 0.15) is 31.1 Å². The van der Waals surface area contributed by atoms with E-state index in [-0.39, 0.29) is 41.1 Å². The highest BCUT2D eigenvalue weighted by atomic mass is 32.2. The smallest absolute Gasteiger partial charge is 0.264 e.